The Bertz CT molecular complexity index is 650. The zero-order chi connectivity index (χ0) is 16.0. The van der Waals surface area contributed by atoms with Crippen molar-refractivity contribution in [2.75, 3.05) is 6.54 Å². The third kappa shape index (κ3) is 5.89. The summed E-state index contributed by atoms with van der Waals surface area (Å²) in [6.45, 7) is 4.64. The molecule has 4 nitrogen and oxygen atoms in total. The second kappa shape index (κ2) is 8.51. The summed E-state index contributed by atoms with van der Waals surface area (Å²) < 4.78 is 0. The molecule has 2 aliphatic rings. The van der Waals surface area contributed by atoms with E-state index in [2.05, 4.69) is 10.6 Å². The van der Waals surface area contributed by atoms with E-state index in [1.807, 2.05) is 26.0 Å². The molecular weight excluding hydrogens is 340 g/mol. The number of nitrogens with one attached hydrogen (secondary N) is 2. The number of rotatable bonds is 5. The molecule has 1 radical (unpaired) electrons. The largest absolute Gasteiger partial charge is 0.388 e. The fourth-order valence-corrected chi connectivity index (χ4v) is 1.94. The van der Waals surface area contributed by atoms with Gasteiger partial charge in [-0.2, -0.15) is 0 Å². The van der Waals surface area contributed by atoms with Gasteiger partial charge in [-0.3, -0.25) is 9.59 Å². The van der Waals surface area contributed by atoms with Crippen LogP contribution in [-0.4, -0.2) is 23.7 Å². The zero-order valence-corrected chi connectivity index (χ0v) is 14.0. The second-order valence-corrected chi connectivity index (χ2v) is 5.77. The van der Waals surface area contributed by atoms with Crippen LogP contribution >= 0.6 is 0 Å². The van der Waals surface area contributed by atoms with Crippen LogP contribution in [0.3, 0.4) is 0 Å². The fourth-order valence-electron chi connectivity index (χ4n) is 1.94. The Morgan fingerprint density at radius 2 is 1.35 bits per heavy atom. The molecule has 0 spiro atoms. The molecule has 0 heterocycles. The summed E-state index contributed by atoms with van der Waals surface area (Å²) >= 11 is 0. The van der Waals surface area contributed by atoms with E-state index in [1.165, 1.54) is 12.2 Å². The van der Waals surface area contributed by atoms with Crippen molar-refractivity contribution in [1.82, 2.24) is 10.6 Å². The molecule has 125 valence electrons. The van der Waals surface area contributed by atoms with E-state index >= 15 is 0 Å². The van der Waals surface area contributed by atoms with Crippen LogP contribution in [-0.2, 0) is 26.7 Å². The van der Waals surface area contributed by atoms with Crippen molar-refractivity contribution in [1.29, 1.82) is 0 Å². The van der Waals surface area contributed by atoms with Gasteiger partial charge >= 0.3 is 0 Å². The standard InChI is InChI=1S/C18H20N2O2.Cu/c1-18(2,20-12-15-8-4-6-10-17(15)22)13-19-11-14-7-3-5-9-16(14)21;/h3-12,19-20H,13H2,1-2H3;. The van der Waals surface area contributed by atoms with E-state index in [0.29, 0.717) is 17.7 Å². The minimum Gasteiger partial charge on any atom is -0.388 e. The van der Waals surface area contributed by atoms with Crippen LogP contribution in [0.4, 0.5) is 0 Å². The molecule has 0 bridgehead atoms. The molecule has 5 heteroatoms. The predicted molar refractivity (Wildman–Crippen MR) is 88.0 cm³/mol. The molecule has 0 saturated heterocycles. The van der Waals surface area contributed by atoms with Gasteiger partial charge in [0.1, 0.15) is 0 Å². The Morgan fingerprint density at radius 1 is 0.870 bits per heavy atom. The summed E-state index contributed by atoms with van der Waals surface area (Å²) in [4.78, 5) is 23.2. The maximum atomic E-state index is 11.6. The molecule has 0 aromatic carbocycles. The molecule has 2 aliphatic carbocycles. The van der Waals surface area contributed by atoms with Crippen LogP contribution in [0.15, 0.2) is 72.2 Å². The molecule has 2 rings (SSSR count). The number of ketones is 2. The van der Waals surface area contributed by atoms with Crippen LogP contribution in [0, 0.1) is 0 Å². The second-order valence-electron chi connectivity index (χ2n) is 5.77. The van der Waals surface area contributed by atoms with Crippen molar-refractivity contribution in [3.63, 3.8) is 0 Å². The SMILES string of the molecule is CC(C)(CNC=C1C=CC=CC1=O)NC=C1C=CC=CC1=O.[Cu]. The van der Waals surface area contributed by atoms with Gasteiger partial charge in [-0.1, -0.05) is 24.3 Å². The molecule has 0 unspecified atom stereocenters. The number of hydrogen-bond donors (Lipinski definition) is 2. The Balaban J connectivity index is 0.00000264. The first-order chi connectivity index (χ1) is 10.5. The average molecular weight is 360 g/mol. The minimum atomic E-state index is -0.267. The summed E-state index contributed by atoms with van der Waals surface area (Å²) in [7, 11) is 0. The summed E-state index contributed by atoms with van der Waals surface area (Å²) in [6.07, 6.45) is 17.2. The first kappa shape index (κ1) is 18.9. The van der Waals surface area contributed by atoms with Crippen molar-refractivity contribution in [2.24, 2.45) is 0 Å². The normalized spacial score (nSPS) is 20.1. The first-order valence-corrected chi connectivity index (χ1v) is 7.17. The van der Waals surface area contributed by atoms with E-state index in [-0.39, 0.29) is 34.2 Å². The minimum absolute atomic E-state index is 0. The molecule has 0 aromatic rings. The third-order valence-electron chi connectivity index (χ3n) is 3.26. The van der Waals surface area contributed by atoms with Crippen LogP contribution in [0.25, 0.3) is 0 Å². The van der Waals surface area contributed by atoms with Gasteiger partial charge in [0.05, 0.1) is 0 Å². The summed E-state index contributed by atoms with van der Waals surface area (Å²) in [5, 5.41) is 6.38. The van der Waals surface area contributed by atoms with Crippen molar-refractivity contribution in [3.05, 3.63) is 72.2 Å². The molecule has 2 N–H and O–H groups in total. The van der Waals surface area contributed by atoms with Crippen LogP contribution in [0.5, 0.6) is 0 Å². The molecule has 0 aliphatic heterocycles. The molecule has 0 aromatic heterocycles. The van der Waals surface area contributed by atoms with E-state index < -0.39 is 0 Å². The van der Waals surface area contributed by atoms with Crippen molar-refractivity contribution in [2.45, 2.75) is 19.4 Å². The molecule has 0 amide bonds. The Hall–Kier alpha value is -2.10. The van der Waals surface area contributed by atoms with Gasteiger partial charge in [-0.15, -0.1) is 0 Å². The molecular formula is C18H20CuN2O2. The van der Waals surface area contributed by atoms with E-state index in [0.717, 1.165) is 0 Å². The van der Waals surface area contributed by atoms with E-state index in [1.54, 1.807) is 36.7 Å². The van der Waals surface area contributed by atoms with Gasteiger partial charge in [-0.25, -0.2) is 0 Å². The van der Waals surface area contributed by atoms with Crippen molar-refractivity contribution < 1.29 is 26.7 Å². The predicted octanol–water partition coefficient (Wildman–Crippen LogP) is 2.10. The number of carbonyl (C=O) groups is 2. The van der Waals surface area contributed by atoms with Gasteiger partial charge in [-0.05, 0) is 38.2 Å². The quantitative estimate of drug-likeness (QED) is 0.583. The summed E-state index contributed by atoms with van der Waals surface area (Å²) in [5.41, 5.74) is 0.994. The summed E-state index contributed by atoms with van der Waals surface area (Å²) in [6, 6.07) is 0. The number of hydrogen-bond acceptors (Lipinski definition) is 4. The molecule has 0 saturated carbocycles. The Labute approximate surface area is 147 Å². The van der Waals surface area contributed by atoms with Gasteiger partial charge in [0.25, 0.3) is 0 Å². The maximum absolute atomic E-state index is 11.6. The monoisotopic (exact) mass is 359 g/mol. The van der Waals surface area contributed by atoms with Crippen molar-refractivity contribution >= 4 is 11.6 Å². The molecule has 0 atom stereocenters. The topological polar surface area (TPSA) is 58.2 Å². The average Bonchev–Trinajstić information content (AvgIpc) is 2.48. The van der Waals surface area contributed by atoms with Gasteiger partial charge in [0, 0.05) is 52.7 Å². The van der Waals surface area contributed by atoms with E-state index in [9.17, 15) is 9.59 Å². The molecule has 0 fully saturated rings. The fraction of sp³-hybridized carbons (Fsp3) is 0.222. The van der Waals surface area contributed by atoms with Gasteiger partial charge in [0.15, 0.2) is 11.6 Å². The summed E-state index contributed by atoms with van der Waals surface area (Å²) in [5.74, 6) is -0.0155. The number of carbonyl (C=O) groups excluding carboxylic acids is 2. The van der Waals surface area contributed by atoms with Crippen LogP contribution in [0.2, 0.25) is 0 Å². The zero-order valence-electron chi connectivity index (χ0n) is 13.1. The van der Waals surface area contributed by atoms with Crippen LogP contribution < -0.4 is 10.6 Å². The Morgan fingerprint density at radius 3 is 1.87 bits per heavy atom. The first-order valence-electron chi connectivity index (χ1n) is 7.17. The smallest absolute Gasteiger partial charge is 0.187 e. The Kier molecular flexibility index (Phi) is 7.01. The van der Waals surface area contributed by atoms with Crippen molar-refractivity contribution in [3.8, 4) is 0 Å². The van der Waals surface area contributed by atoms with E-state index in [4.69, 9.17) is 0 Å². The van der Waals surface area contributed by atoms with Crippen LogP contribution in [0.1, 0.15) is 13.8 Å². The molecule has 23 heavy (non-hydrogen) atoms. The van der Waals surface area contributed by atoms with Gasteiger partial charge < -0.3 is 10.6 Å². The number of allylic oxidation sites excluding steroid dienone is 10. The maximum Gasteiger partial charge on any atom is 0.187 e. The van der Waals surface area contributed by atoms with Gasteiger partial charge in [0.2, 0.25) is 0 Å². The third-order valence-corrected chi connectivity index (χ3v) is 3.26.